The van der Waals surface area contributed by atoms with Gasteiger partial charge in [-0.2, -0.15) is 5.26 Å². The van der Waals surface area contributed by atoms with Crippen LogP contribution in [0.15, 0.2) is 54.2 Å². The van der Waals surface area contributed by atoms with E-state index in [0.29, 0.717) is 17.2 Å². The molecule has 1 aromatic carbocycles. The van der Waals surface area contributed by atoms with E-state index in [0.717, 1.165) is 65.0 Å². The van der Waals surface area contributed by atoms with Gasteiger partial charge in [0.2, 0.25) is 0 Å². The van der Waals surface area contributed by atoms with Crippen LogP contribution in [0, 0.1) is 23.1 Å². The number of halogens is 2. The van der Waals surface area contributed by atoms with Crippen LogP contribution < -0.4 is 5.32 Å². The third kappa shape index (κ3) is 13.6. The van der Waals surface area contributed by atoms with Crippen molar-refractivity contribution >= 4 is 23.3 Å². The summed E-state index contributed by atoms with van der Waals surface area (Å²) in [6, 6.07) is 6.34. The standard InChI is InChI=1S/C23H38ClFN4O.C9H11N/c1-5-8-22(18(2)3)29(12-7-6-11-28-15-13-27(4)14-16-28)23(30)26-19-9-10-21(25)20(24)17-19;1-4-9(7-10)6-5-8(2)3/h9-10,17-18,22H,5-8,11-16H2,1-4H3,(H,26,30);4-6H,1H2,2-3H3/b;9-6+. The lowest BCUT2D eigenvalue weighted by Crippen LogP contribution is -2.46. The summed E-state index contributed by atoms with van der Waals surface area (Å²) in [7, 11) is 2.17. The summed E-state index contributed by atoms with van der Waals surface area (Å²) in [5.41, 5.74) is 2.30. The quantitative estimate of drug-likeness (QED) is 0.158. The molecule has 1 aliphatic heterocycles. The smallest absolute Gasteiger partial charge is 0.321 e. The first-order valence-electron chi connectivity index (χ1n) is 14.3. The van der Waals surface area contributed by atoms with Crippen LogP contribution >= 0.6 is 11.6 Å². The average Bonchev–Trinajstić information content (AvgIpc) is 2.91. The summed E-state index contributed by atoms with van der Waals surface area (Å²) in [4.78, 5) is 20.0. The number of hydrogen-bond donors (Lipinski definition) is 1. The normalized spacial score (nSPS) is 14.9. The summed E-state index contributed by atoms with van der Waals surface area (Å²) in [5, 5.41) is 11.4. The Morgan fingerprint density at radius 3 is 2.42 bits per heavy atom. The minimum absolute atomic E-state index is 0.0143. The number of benzene rings is 1. The van der Waals surface area contributed by atoms with E-state index >= 15 is 0 Å². The van der Waals surface area contributed by atoms with Crippen molar-refractivity contribution in [3.05, 3.63) is 65.0 Å². The number of urea groups is 1. The second-order valence-corrected chi connectivity index (χ2v) is 11.3. The van der Waals surface area contributed by atoms with Gasteiger partial charge in [-0.15, -0.1) is 0 Å². The molecule has 1 fully saturated rings. The van der Waals surface area contributed by atoms with E-state index in [1.54, 1.807) is 18.2 Å². The Balaban J connectivity index is 0.000000680. The Kier molecular flexibility index (Phi) is 17.2. The van der Waals surface area contributed by atoms with Gasteiger partial charge in [0.15, 0.2) is 0 Å². The van der Waals surface area contributed by atoms with Gasteiger partial charge in [-0.05, 0) is 76.9 Å². The first kappa shape index (κ1) is 35.4. The second kappa shape index (κ2) is 19.4. The van der Waals surface area contributed by atoms with Crippen LogP contribution in [-0.2, 0) is 0 Å². The van der Waals surface area contributed by atoms with Crippen LogP contribution in [0.5, 0.6) is 0 Å². The molecule has 6 nitrogen and oxygen atoms in total. The number of carbonyl (C=O) groups is 1. The molecule has 0 spiro atoms. The lowest BCUT2D eigenvalue weighted by Gasteiger charge is -2.35. The molecular weight excluding hydrogens is 525 g/mol. The van der Waals surface area contributed by atoms with Crippen molar-refractivity contribution in [3.63, 3.8) is 0 Å². The summed E-state index contributed by atoms with van der Waals surface area (Å²) in [6.07, 6.45) is 9.22. The third-order valence-electron chi connectivity index (χ3n) is 6.85. The van der Waals surface area contributed by atoms with Gasteiger partial charge in [-0.1, -0.05) is 63.1 Å². The highest BCUT2D eigenvalue weighted by Crippen LogP contribution is 2.22. The maximum Gasteiger partial charge on any atom is 0.322 e. The van der Waals surface area contributed by atoms with Crippen molar-refractivity contribution in [1.82, 2.24) is 14.7 Å². The van der Waals surface area contributed by atoms with E-state index in [1.807, 2.05) is 30.9 Å². The number of allylic oxidation sites excluding steroid dienone is 5. The fourth-order valence-electron chi connectivity index (χ4n) is 4.43. The Labute approximate surface area is 247 Å². The molecule has 1 aliphatic rings. The van der Waals surface area contributed by atoms with Crippen molar-refractivity contribution in [2.24, 2.45) is 5.92 Å². The molecule has 1 N–H and O–H groups in total. The SMILES string of the molecule is C=C/C(C#N)=C\C=C(C)C.CCCC(C(C)C)N(CCCCN1CCN(C)CC1)C(=O)Nc1ccc(F)c(Cl)c1. The van der Waals surface area contributed by atoms with Crippen LogP contribution in [0.3, 0.4) is 0 Å². The van der Waals surface area contributed by atoms with Crippen molar-refractivity contribution in [1.29, 1.82) is 5.26 Å². The minimum Gasteiger partial charge on any atom is -0.321 e. The van der Waals surface area contributed by atoms with E-state index < -0.39 is 5.82 Å². The largest absolute Gasteiger partial charge is 0.322 e. The van der Waals surface area contributed by atoms with Gasteiger partial charge >= 0.3 is 6.03 Å². The van der Waals surface area contributed by atoms with Gasteiger partial charge in [-0.3, -0.25) is 0 Å². The Morgan fingerprint density at radius 2 is 1.90 bits per heavy atom. The molecule has 8 heteroatoms. The fraction of sp³-hybridized carbons (Fsp3) is 0.562. The van der Waals surface area contributed by atoms with E-state index in [9.17, 15) is 9.18 Å². The molecule has 0 aromatic heterocycles. The van der Waals surface area contributed by atoms with E-state index in [4.69, 9.17) is 16.9 Å². The summed E-state index contributed by atoms with van der Waals surface area (Å²) in [5.74, 6) is -0.119. The number of nitrogens with zero attached hydrogens (tertiary/aromatic N) is 4. The maximum absolute atomic E-state index is 13.4. The molecule has 0 radical (unpaired) electrons. The van der Waals surface area contributed by atoms with Crippen LogP contribution in [-0.4, -0.2) is 73.1 Å². The van der Waals surface area contributed by atoms with Gasteiger partial charge in [0, 0.05) is 44.5 Å². The number of nitrogens with one attached hydrogen (secondary N) is 1. The lowest BCUT2D eigenvalue weighted by molar-refractivity contribution is 0.142. The lowest BCUT2D eigenvalue weighted by atomic mass is 9.97. The number of anilines is 1. The van der Waals surface area contributed by atoms with Crippen molar-refractivity contribution in [2.75, 3.05) is 51.6 Å². The number of nitriles is 1. The molecule has 222 valence electrons. The molecule has 1 saturated heterocycles. The zero-order valence-electron chi connectivity index (χ0n) is 25.4. The highest BCUT2D eigenvalue weighted by molar-refractivity contribution is 6.31. The molecule has 1 heterocycles. The molecule has 1 unspecified atom stereocenters. The first-order chi connectivity index (χ1) is 19.0. The van der Waals surface area contributed by atoms with Crippen LogP contribution in [0.1, 0.15) is 60.3 Å². The number of amides is 2. The van der Waals surface area contributed by atoms with Gasteiger partial charge in [-0.25, -0.2) is 9.18 Å². The predicted molar refractivity (Wildman–Crippen MR) is 167 cm³/mol. The highest BCUT2D eigenvalue weighted by Gasteiger charge is 2.26. The van der Waals surface area contributed by atoms with Crippen molar-refractivity contribution in [3.8, 4) is 6.07 Å². The highest BCUT2D eigenvalue weighted by atomic mass is 35.5. The molecule has 0 bridgehead atoms. The topological polar surface area (TPSA) is 62.6 Å². The van der Waals surface area contributed by atoms with Crippen LogP contribution in [0.25, 0.3) is 0 Å². The zero-order valence-corrected chi connectivity index (χ0v) is 26.1. The molecule has 1 aromatic rings. The van der Waals surface area contributed by atoms with Gasteiger partial charge < -0.3 is 20.0 Å². The number of piperazine rings is 1. The number of unbranched alkanes of at least 4 members (excludes halogenated alkanes) is 1. The second-order valence-electron chi connectivity index (χ2n) is 10.9. The third-order valence-corrected chi connectivity index (χ3v) is 7.14. The minimum atomic E-state index is -0.485. The van der Waals surface area contributed by atoms with Gasteiger partial charge in [0.25, 0.3) is 0 Å². The molecule has 0 aliphatic carbocycles. The maximum atomic E-state index is 13.4. The molecule has 40 heavy (non-hydrogen) atoms. The number of hydrogen-bond acceptors (Lipinski definition) is 4. The van der Waals surface area contributed by atoms with Crippen molar-refractivity contribution < 1.29 is 9.18 Å². The molecule has 0 saturated carbocycles. The molecule has 2 amide bonds. The van der Waals surface area contributed by atoms with E-state index in [-0.39, 0.29) is 17.1 Å². The summed E-state index contributed by atoms with van der Waals surface area (Å²) in [6.45, 7) is 20.2. The average molecular weight is 574 g/mol. The predicted octanol–water partition coefficient (Wildman–Crippen LogP) is 7.75. The molecule has 2 rings (SSSR count). The molecular formula is C32H49ClFN5O. The number of likely N-dealkylation sites (N-methyl/N-ethyl adjacent to an activating group) is 1. The summed E-state index contributed by atoms with van der Waals surface area (Å²) >= 11 is 5.88. The monoisotopic (exact) mass is 573 g/mol. The van der Waals surface area contributed by atoms with Gasteiger partial charge in [0.1, 0.15) is 5.82 Å². The van der Waals surface area contributed by atoms with E-state index in [2.05, 4.69) is 49.5 Å². The zero-order chi connectivity index (χ0) is 30.1. The van der Waals surface area contributed by atoms with Crippen LogP contribution in [0.2, 0.25) is 5.02 Å². The fourth-order valence-corrected chi connectivity index (χ4v) is 4.61. The van der Waals surface area contributed by atoms with E-state index in [1.165, 1.54) is 17.7 Å². The van der Waals surface area contributed by atoms with Crippen molar-refractivity contribution in [2.45, 2.75) is 66.3 Å². The van der Waals surface area contributed by atoms with Gasteiger partial charge in [0.05, 0.1) is 16.7 Å². The Hall–Kier alpha value is -2.66. The Bertz CT molecular complexity index is 1020. The number of carbonyl (C=O) groups excluding carboxylic acids is 1. The van der Waals surface area contributed by atoms with Crippen LogP contribution in [0.4, 0.5) is 14.9 Å². The number of rotatable bonds is 12. The first-order valence-corrected chi connectivity index (χ1v) is 14.7. The molecule has 1 atom stereocenters. The Morgan fingerprint density at radius 1 is 1.23 bits per heavy atom. The summed E-state index contributed by atoms with van der Waals surface area (Å²) < 4.78 is 13.4.